The van der Waals surface area contributed by atoms with Crippen molar-refractivity contribution in [2.75, 3.05) is 14.2 Å². The van der Waals surface area contributed by atoms with Crippen LogP contribution in [0.2, 0.25) is 0 Å². The second kappa shape index (κ2) is 7.13. The maximum Gasteiger partial charge on any atom is 0.161 e. The van der Waals surface area contributed by atoms with Crippen molar-refractivity contribution in [1.82, 2.24) is 4.98 Å². The minimum absolute atomic E-state index is 0.766. The van der Waals surface area contributed by atoms with Gasteiger partial charge in [-0.2, -0.15) is 0 Å². The fourth-order valence-electron chi connectivity index (χ4n) is 2.48. The summed E-state index contributed by atoms with van der Waals surface area (Å²) in [5.41, 5.74) is 1.15. The van der Waals surface area contributed by atoms with Gasteiger partial charge in [-0.15, -0.1) is 0 Å². The highest BCUT2D eigenvalue weighted by Crippen LogP contribution is 2.33. The molecule has 0 saturated heterocycles. The molecule has 0 atom stereocenters. The molecule has 3 heteroatoms. The molecule has 0 saturated carbocycles. The lowest BCUT2D eigenvalue weighted by Crippen LogP contribution is -1.95. The summed E-state index contributed by atoms with van der Waals surface area (Å²) in [5, 5.41) is 2.32. The average Bonchev–Trinajstić information content (AvgIpc) is 2.50. The monoisotopic (exact) mass is 273 g/mol. The summed E-state index contributed by atoms with van der Waals surface area (Å²) in [4.78, 5) is 4.54. The Labute approximate surface area is 120 Å². The zero-order valence-electron chi connectivity index (χ0n) is 12.6. The summed E-state index contributed by atoms with van der Waals surface area (Å²) >= 11 is 0. The number of rotatable bonds is 7. The van der Waals surface area contributed by atoms with E-state index in [4.69, 9.17) is 9.47 Å². The first kappa shape index (κ1) is 14.6. The van der Waals surface area contributed by atoms with E-state index in [0.29, 0.717) is 0 Å². The Kier molecular flexibility index (Phi) is 5.22. The number of aromatic nitrogens is 1. The molecule has 0 N–H and O–H groups in total. The highest BCUT2D eigenvalue weighted by molar-refractivity contribution is 5.87. The predicted molar refractivity (Wildman–Crippen MR) is 82.7 cm³/mol. The van der Waals surface area contributed by atoms with Crippen LogP contribution in [0.1, 0.15) is 38.3 Å². The maximum atomic E-state index is 5.39. The summed E-state index contributed by atoms with van der Waals surface area (Å²) in [7, 11) is 3.33. The highest BCUT2D eigenvalue weighted by Gasteiger charge is 2.09. The van der Waals surface area contributed by atoms with Gasteiger partial charge in [0.05, 0.1) is 14.2 Å². The number of benzene rings is 1. The smallest absolute Gasteiger partial charge is 0.161 e. The molecule has 108 valence electrons. The summed E-state index contributed by atoms with van der Waals surface area (Å²) in [6, 6.07) is 6.08. The number of pyridine rings is 1. The largest absolute Gasteiger partial charge is 0.493 e. The number of aryl methyl sites for hydroxylation is 1. The highest BCUT2D eigenvalue weighted by atomic mass is 16.5. The van der Waals surface area contributed by atoms with E-state index in [0.717, 1.165) is 29.0 Å². The number of hydrogen-bond donors (Lipinski definition) is 0. The van der Waals surface area contributed by atoms with Crippen LogP contribution in [0.4, 0.5) is 0 Å². The molecular weight excluding hydrogens is 250 g/mol. The Balaban J connectivity index is 2.30. The van der Waals surface area contributed by atoms with Crippen molar-refractivity contribution in [2.45, 2.75) is 39.0 Å². The van der Waals surface area contributed by atoms with Crippen LogP contribution in [-0.4, -0.2) is 19.2 Å². The molecule has 1 aromatic heterocycles. The minimum Gasteiger partial charge on any atom is -0.493 e. The number of ether oxygens (including phenoxy) is 2. The van der Waals surface area contributed by atoms with Crippen LogP contribution in [0.3, 0.4) is 0 Å². The van der Waals surface area contributed by atoms with Gasteiger partial charge in [-0.25, -0.2) is 0 Å². The van der Waals surface area contributed by atoms with Crippen LogP contribution in [0.15, 0.2) is 24.4 Å². The summed E-state index contributed by atoms with van der Waals surface area (Å²) in [5.74, 6) is 1.53. The van der Waals surface area contributed by atoms with Gasteiger partial charge in [-0.1, -0.05) is 26.2 Å². The Bertz CT molecular complexity index is 566. The second-order valence-electron chi connectivity index (χ2n) is 5.00. The number of unbranched alkanes of at least 4 members (excludes halogenated alkanes) is 3. The van der Waals surface area contributed by atoms with Crippen molar-refractivity contribution >= 4 is 10.8 Å². The first-order valence-electron chi connectivity index (χ1n) is 7.29. The lowest BCUT2D eigenvalue weighted by molar-refractivity contribution is 0.356. The molecule has 20 heavy (non-hydrogen) atoms. The lowest BCUT2D eigenvalue weighted by Gasteiger charge is -2.11. The fraction of sp³-hybridized carbons (Fsp3) is 0.471. The first-order valence-corrected chi connectivity index (χ1v) is 7.29. The van der Waals surface area contributed by atoms with E-state index in [2.05, 4.69) is 11.9 Å². The molecule has 2 aromatic rings. The van der Waals surface area contributed by atoms with Gasteiger partial charge in [0.15, 0.2) is 11.5 Å². The molecule has 0 aliphatic rings. The third kappa shape index (κ3) is 3.21. The van der Waals surface area contributed by atoms with Crippen molar-refractivity contribution < 1.29 is 9.47 Å². The van der Waals surface area contributed by atoms with E-state index < -0.39 is 0 Å². The molecule has 1 aromatic carbocycles. The van der Waals surface area contributed by atoms with Gasteiger partial charge in [0.2, 0.25) is 0 Å². The molecule has 0 bridgehead atoms. The zero-order valence-corrected chi connectivity index (χ0v) is 12.6. The lowest BCUT2D eigenvalue weighted by atomic mass is 10.0. The molecule has 1 heterocycles. The fourth-order valence-corrected chi connectivity index (χ4v) is 2.48. The molecule has 3 nitrogen and oxygen atoms in total. The van der Waals surface area contributed by atoms with Gasteiger partial charge in [0, 0.05) is 17.3 Å². The van der Waals surface area contributed by atoms with Crippen LogP contribution in [0.5, 0.6) is 11.5 Å². The molecule has 0 aliphatic carbocycles. The van der Waals surface area contributed by atoms with Crippen LogP contribution in [-0.2, 0) is 6.42 Å². The number of fused-ring (bicyclic) bond motifs is 1. The quantitative estimate of drug-likeness (QED) is 0.702. The van der Waals surface area contributed by atoms with E-state index in [-0.39, 0.29) is 0 Å². The van der Waals surface area contributed by atoms with Crippen molar-refractivity contribution in [3.05, 3.63) is 30.1 Å². The second-order valence-corrected chi connectivity index (χ2v) is 5.00. The van der Waals surface area contributed by atoms with E-state index in [1.807, 2.05) is 24.4 Å². The molecule has 0 spiro atoms. The van der Waals surface area contributed by atoms with Gasteiger partial charge < -0.3 is 9.47 Å². The molecule has 0 amide bonds. The number of hydrogen-bond acceptors (Lipinski definition) is 3. The topological polar surface area (TPSA) is 31.4 Å². The van der Waals surface area contributed by atoms with Gasteiger partial charge in [-0.05, 0) is 36.4 Å². The van der Waals surface area contributed by atoms with Crippen LogP contribution in [0.25, 0.3) is 10.8 Å². The van der Waals surface area contributed by atoms with Gasteiger partial charge in [-0.3, -0.25) is 4.98 Å². The van der Waals surface area contributed by atoms with E-state index >= 15 is 0 Å². The van der Waals surface area contributed by atoms with E-state index in [9.17, 15) is 0 Å². The van der Waals surface area contributed by atoms with Gasteiger partial charge in [0.1, 0.15) is 0 Å². The summed E-state index contributed by atoms with van der Waals surface area (Å²) < 4.78 is 10.7. The van der Waals surface area contributed by atoms with Crippen molar-refractivity contribution in [1.29, 1.82) is 0 Å². The SMILES string of the molecule is CCCCCCc1nccc2cc(OC)c(OC)cc12. The normalized spacial score (nSPS) is 10.8. The Morgan fingerprint density at radius 3 is 2.45 bits per heavy atom. The third-order valence-electron chi connectivity index (χ3n) is 3.62. The average molecular weight is 273 g/mol. The molecule has 0 radical (unpaired) electrons. The van der Waals surface area contributed by atoms with E-state index in [1.54, 1.807) is 14.2 Å². The minimum atomic E-state index is 0.766. The van der Waals surface area contributed by atoms with Gasteiger partial charge in [0.25, 0.3) is 0 Å². The molecule has 2 rings (SSSR count). The predicted octanol–water partition coefficient (Wildman–Crippen LogP) is 4.37. The van der Waals surface area contributed by atoms with E-state index in [1.165, 1.54) is 31.1 Å². The molecule has 0 unspecified atom stereocenters. The summed E-state index contributed by atoms with van der Waals surface area (Å²) in [6.45, 7) is 2.23. The molecular formula is C17H23NO2. The first-order chi connectivity index (χ1) is 9.80. The van der Waals surface area contributed by atoms with Crippen molar-refractivity contribution in [3.8, 4) is 11.5 Å². The molecule has 0 aliphatic heterocycles. The Morgan fingerprint density at radius 2 is 1.75 bits per heavy atom. The standard InChI is InChI=1S/C17H23NO2/c1-4-5-6-7-8-15-14-12-17(20-3)16(19-2)11-13(14)9-10-18-15/h9-12H,4-8H2,1-3H3. The van der Waals surface area contributed by atoms with Crippen LogP contribution >= 0.6 is 0 Å². The number of nitrogens with zero attached hydrogens (tertiary/aromatic N) is 1. The number of methoxy groups -OCH3 is 2. The molecule has 0 fully saturated rings. The zero-order chi connectivity index (χ0) is 14.4. The Morgan fingerprint density at radius 1 is 1.00 bits per heavy atom. The summed E-state index contributed by atoms with van der Waals surface area (Å²) in [6.07, 6.45) is 7.91. The van der Waals surface area contributed by atoms with Crippen LogP contribution < -0.4 is 9.47 Å². The van der Waals surface area contributed by atoms with Crippen molar-refractivity contribution in [2.24, 2.45) is 0 Å². The van der Waals surface area contributed by atoms with Gasteiger partial charge >= 0.3 is 0 Å². The Hall–Kier alpha value is -1.77. The van der Waals surface area contributed by atoms with Crippen LogP contribution in [0, 0.1) is 0 Å². The van der Waals surface area contributed by atoms with Crippen molar-refractivity contribution in [3.63, 3.8) is 0 Å². The maximum absolute atomic E-state index is 5.39. The third-order valence-corrected chi connectivity index (χ3v) is 3.62.